The molecule has 0 radical (unpaired) electrons. The molecule has 1 rings (SSSR count). The van der Waals surface area contributed by atoms with Crippen LogP contribution in [0.1, 0.15) is 19.5 Å². The molecule has 0 saturated carbocycles. The van der Waals surface area contributed by atoms with Crippen LogP contribution in [0.3, 0.4) is 0 Å². The van der Waals surface area contributed by atoms with Crippen LogP contribution in [0.4, 0.5) is 0 Å². The van der Waals surface area contributed by atoms with Gasteiger partial charge in [0.25, 0.3) is 0 Å². The Labute approximate surface area is 73.3 Å². The maximum absolute atomic E-state index is 5.29. The van der Waals surface area contributed by atoms with Crippen molar-refractivity contribution in [2.45, 2.75) is 32.9 Å². The number of nitrogens with zero attached hydrogens (tertiary/aromatic N) is 2. The first kappa shape index (κ1) is 9.26. The lowest BCUT2D eigenvalue weighted by Gasteiger charge is -2.22. The highest BCUT2D eigenvalue weighted by atomic mass is 16.5. The van der Waals surface area contributed by atoms with E-state index < -0.39 is 0 Å². The molecule has 3 nitrogen and oxygen atoms in total. The van der Waals surface area contributed by atoms with E-state index in [-0.39, 0.29) is 5.60 Å². The van der Waals surface area contributed by atoms with Crippen molar-refractivity contribution in [2.24, 2.45) is 0 Å². The van der Waals surface area contributed by atoms with Crippen molar-refractivity contribution >= 4 is 0 Å². The molecule has 0 spiro atoms. The summed E-state index contributed by atoms with van der Waals surface area (Å²) in [5.41, 5.74) is 0.903. The molecule has 0 saturated heterocycles. The van der Waals surface area contributed by atoms with E-state index in [1.54, 1.807) is 7.11 Å². The van der Waals surface area contributed by atoms with Crippen molar-refractivity contribution in [3.63, 3.8) is 0 Å². The summed E-state index contributed by atoms with van der Waals surface area (Å²) in [6.07, 6.45) is 1.97. The lowest BCUT2D eigenvalue weighted by molar-refractivity contribution is 0.00537. The molecule has 3 heteroatoms. The number of ether oxygens (including phenoxy) is 1. The van der Waals surface area contributed by atoms with Crippen molar-refractivity contribution in [1.82, 2.24) is 9.78 Å². The van der Waals surface area contributed by atoms with Gasteiger partial charge in [0, 0.05) is 13.3 Å². The molecule has 0 aliphatic rings. The highest BCUT2D eigenvalue weighted by Crippen LogP contribution is 2.10. The molecule has 0 N–H and O–H groups in total. The number of hydrogen-bond donors (Lipinski definition) is 0. The standard InChI is InChI=1S/C9H16N2O/c1-8-5-6-11(10-8)7-9(2,3)12-4/h5-6H,7H2,1-4H3. The first-order valence-corrected chi connectivity index (χ1v) is 4.09. The SMILES string of the molecule is COC(C)(C)Cn1ccc(C)n1. The van der Waals surface area contributed by atoms with E-state index in [0.717, 1.165) is 12.2 Å². The van der Waals surface area contributed by atoms with Gasteiger partial charge in [-0.25, -0.2) is 0 Å². The fourth-order valence-electron chi connectivity index (χ4n) is 1.01. The van der Waals surface area contributed by atoms with E-state index in [9.17, 15) is 0 Å². The number of rotatable bonds is 3. The Morgan fingerprint density at radius 2 is 2.25 bits per heavy atom. The third kappa shape index (κ3) is 2.34. The van der Waals surface area contributed by atoms with Crippen LogP contribution in [0.2, 0.25) is 0 Å². The summed E-state index contributed by atoms with van der Waals surface area (Å²) in [6.45, 7) is 6.86. The van der Waals surface area contributed by atoms with Crippen LogP contribution in [0.15, 0.2) is 12.3 Å². The van der Waals surface area contributed by atoms with Crippen molar-refractivity contribution in [1.29, 1.82) is 0 Å². The molecule has 0 atom stereocenters. The van der Waals surface area contributed by atoms with Gasteiger partial charge in [-0.1, -0.05) is 0 Å². The average Bonchev–Trinajstić information content (AvgIpc) is 2.35. The van der Waals surface area contributed by atoms with Gasteiger partial charge < -0.3 is 4.74 Å². The van der Waals surface area contributed by atoms with Crippen LogP contribution in [-0.4, -0.2) is 22.5 Å². The Bertz CT molecular complexity index is 253. The zero-order valence-electron chi connectivity index (χ0n) is 8.16. The third-order valence-corrected chi connectivity index (χ3v) is 1.87. The molecule has 1 heterocycles. The highest BCUT2D eigenvalue weighted by molar-refractivity contribution is 4.95. The number of aromatic nitrogens is 2. The van der Waals surface area contributed by atoms with Crippen LogP contribution in [-0.2, 0) is 11.3 Å². The smallest absolute Gasteiger partial charge is 0.0817 e. The number of hydrogen-bond acceptors (Lipinski definition) is 2. The Morgan fingerprint density at radius 3 is 2.67 bits per heavy atom. The van der Waals surface area contributed by atoms with E-state index in [0.29, 0.717) is 0 Å². The fourth-order valence-corrected chi connectivity index (χ4v) is 1.01. The largest absolute Gasteiger partial charge is 0.377 e. The van der Waals surface area contributed by atoms with Crippen LogP contribution >= 0.6 is 0 Å². The zero-order valence-corrected chi connectivity index (χ0v) is 8.16. The van der Waals surface area contributed by atoms with Gasteiger partial charge in [-0.2, -0.15) is 5.10 Å². The molecule has 0 aliphatic heterocycles. The Hall–Kier alpha value is -0.830. The molecule has 0 aromatic carbocycles. The molecule has 0 amide bonds. The van der Waals surface area contributed by atoms with Crippen LogP contribution in [0.5, 0.6) is 0 Å². The molecule has 0 aliphatic carbocycles. The summed E-state index contributed by atoms with van der Waals surface area (Å²) in [5, 5.41) is 4.28. The minimum absolute atomic E-state index is 0.140. The summed E-state index contributed by atoms with van der Waals surface area (Å²) in [5.74, 6) is 0. The van der Waals surface area contributed by atoms with E-state index >= 15 is 0 Å². The molecule has 0 unspecified atom stereocenters. The first-order valence-electron chi connectivity index (χ1n) is 4.09. The summed E-state index contributed by atoms with van der Waals surface area (Å²) < 4.78 is 7.19. The monoisotopic (exact) mass is 168 g/mol. The van der Waals surface area contributed by atoms with Gasteiger partial charge in [-0.3, -0.25) is 4.68 Å². The maximum atomic E-state index is 5.29. The average molecular weight is 168 g/mol. The maximum Gasteiger partial charge on any atom is 0.0817 e. The lowest BCUT2D eigenvalue weighted by atomic mass is 10.1. The van der Waals surface area contributed by atoms with Crippen molar-refractivity contribution in [3.05, 3.63) is 18.0 Å². The van der Waals surface area contributed by atoms with E-state index in [4.69, 9.17) is 4.74 Å². The quantitative estimate of drug-likeness (QED) is 0.685. The topological polar surface area (TPSA) is 27.1 Å². The number of aryl methyl sites for hydroxylation is 1. The van der Waals surface area contributed by atoms with Gasteiger partial charge in [0.05, 0.1) is 17.8 Å². The second kappa shape index (κ2) is 3.27. The van der Waals surface area contributed by atoms with Gasteiger partial charge in [0.1, 0.15) is 0 Å². The summed E-state index contributed by atoms with van der Waals surface area (Å²) >= 11 is 0. The summed E-state index contributed by atoms with van der Waals surface area (Å²) in [6, 6.07) is 1.99. The molecular weight excluding hydrogens is 152 g/mol. The zero-order chi connectivity index (χ0) is 9.19. The Balaban J connectivity index is 2.63. The molecule has 68 valence electrons. The summed E-state index contributed by atoms with van der Waals surface area (Å²) in [7, 11) is 1.72. The van der Waals surface area contributed by atoms with Crippen LogP contribution in [0, 0.1) is 6.92 Å². The normalized spacial score (nSPS) is 12.0. The second-order valence-corrected chi connectivity index (χ2v) is 3.62. The molecule has 12 heavy (non-hydrogen) atoms. The van der Waals surface area contributed by atoms with E-state index in [2.05, 4.69) is 5.10 Å². The van der Waals surface area contributed by atoms with Gasteiger partial charge in [0.2, 0.25) is 0 Å². The predicted molar refractivity (Wildman–Crippen MR) is 48.1 cm³/mol. The second-order valence-electron chi connectivity index (χ2n) is 3.62. The van der Waals surface area contributed by atoms with Gasteiger partial charge >= 0.3 is 0 Å². The minimum Gasteiger partial charge on any atom is -0.377 e. The lowest BCUT2D eigenvalue weighted by Crippen LogP contribution is -2.29. The fraction of sp³-hybridized carbons (Fsp3) is 0.667. The first-order chi connectivity index (χ1) is 5.53. The van der Waals surface area contributed by atoms with Gasteiger partial charge in [-0.05, 0) is 26.8 Å². The molecular formula is C9H16N2O. The van der Waals surface area contributed by atoms with Crippen molar-refractivity contribution in [2.75, 3.05) is 7.11 Å². The molecule has 0 fully saturated rings. The third-order valence-electron chi connectivity index (χ3n) is 1.87. The van der Waals surface area contributed by atoms with E-state index in [1.807, 2.05) is 37.7 Å². The number of methoxy groups -OCH3 is 1. The highest BCUT2D eigenvalue weighted by Gasteiger charge is 2.16. The van der Waals surface area contributed by atoms with Crippen LogP contribution in [0.25, 0.3) is 0 Å². The molecule has 1 aromatic rings. The summed E-state index contributed by atoms with van der Waals surface area (Å²) in [4.78, 5) is 0. The van der Waals surface area contributed by atoms with Crippen molar-refractivity contribution < 1.29 is 4.74 Å². The predicted octanol–water partition coefficient (Wildman–Crippen LogP) is 1.62. The Kier molecular flexibility index (Phi) is 2.52. The van der Waals surface area contributed by atoms with Crippen LogP contribution < -0.4 is 0 Å². The Morgan fingerprint density at radius 1 is 1.58 bits per heavy atom. The molecule has 1 aromatic heterocycles. The van der Waals surface area contributed by atoms with Crippen molar-refractivity contribution in [3.8, 4) is 0 Å². The van der Waals surface area contributed by atoms with Gasteiger partial charge in [0.15, 0.2) is 0 Å². The van der Waals surface area contributed by atoms with Gasteiger partial charge in [-0.15, -0.1) is 0 Å². The van der Waals surface area contributed by atoms with E-state index in [1.165, 1.54) is 0 Å². The minimum atomic E-state index is -0.140. The molecule has 0 bridgehead atoms.